The average molecular weight is 255 g/mol. The third-order valence-corrected chi connectivity index (χ3v) is 4.36. The fourth-order valence-electron chi connectivity index (χ4n) is 3.02. The summed E-state index contributed by atoms with van der Waals surface area (Å²) in [6.45, 7) is 6.42. The molecule has 0 aromatic carbocycles. The van der Waals surface area contributed by atoms with E-state index < -0.39 is 5.97 Å². The van der Waals surface area contributed by atoms with Crippen LogP contribution in [0.25, 0.3) is 0 Å². The molecule has 1 saturated carbocycles. The van der Waals surface area contributed by atoms with Crippen molar-refractivity contribution in [2.75, 3.05) is 13.1 Å². The molecule has 2 N–H and O–H groups in total. The molecule has 1 aliphatic rings. The first kappa shape index (κ1) is 15.5. The summed E-state index contributed by atoms with van der Waals surface area (Å²) in [5.74, 6) is 0.409. The Morgan fingerprint density at radius 2 is 2.17 bits per heavy atom. The van der Waals surface area contributed by atoms with Crippen molar-refractivity contribution in [1.82, 2.24) is 5.32 Å². The smallest absolute Gasteiger partial charge is 0.306 e. The predicted octanol–water partition coefficient (Wildman–Crippen LogP) is 3.29. The van der Waals surface area contributed by atoms with E-state index in [-0.39, 0.29) is 5.92 Å². The summed E-state index contributed by atoms with van der Waals surface area (Å²) in [4.78, 5) is 11.1. The maximum atomic E-state index is 11.1. The van der Waals surface area contributed by atoms with Crippen LogP contribution in [0.2, 0.25) is 0 Å². The molecule has 0 heterocycles. The molecule has 1 fully saturated rings. The lowest BCUT2D eigenvalue weighted by Gasteiger charge is -2.19. The molecule has 0 aromatic heterocycles. The Morgan fingerprint density at radius 3 is 2.78 bits per heavy atom. The minimum absolute atomic E-state index is 0.104. The number of nitrogens with one attached hydrogen (secondary N) is 1. The molecule has 3 unspecified atom stereocenters. The summed E-state index contributed by atoms with van der Waals surface area (Å²) in [5, 5.41) is 12.6. The summed E-state index contributed by atoms with van der Waals surface area (Å²) in [6, 6.07) is 0. The van der Waals surface area contributed by atoms with E-state index in [2.05, 4.69) is 19.2 Å². The van der Waals surface area contributed by atoms with E-state index in [1.165, 1.54) is 25.7 Å². The van der Waals surface area contributed by atoms with E-state index in [0.717, 1.165) is 38.3 Å². The van der Waals surface area contributed by atoms with Gasteiger partial charge in [-0.05, 0) is 44.2 Å². The number of hydrogen-bond acceptors (Lipinski definition) is 2. The average Bonchev–Trinajstić information content (AvgIpc) is 2.82. The van der Waals surface area contributed by atoms with Crippen molar-refractivity contribution in [2.24, 2.45) is 17.8 Å². The van der Waals surface area contributed by atoms with Crippen LogP contribution in [0.5, 0.6) is 0 Å². The second-order valence-corrected chi connectivity index (χ2v) is 5.71. The fourth-order valence-corrected chi connectivity index (χ4v) is 3.02. The molecule has 0 aromatic rings. The van der Waals surface area contributed by atoms with Crippen LogP contribution in [0.1, 0.15) is 58.8 Å². The first-order chi connectivity index (χ1) is 8.69. The highest BCUT2D eigenvalue weighted by Crippen LogP contribution is 2.31. The van der Waals surface area contributed by atoms with Crippen LogP contribution in [-0.2, 0) is 4.79 Å². The summed E-state index contributed by atoms with van der Waals surface area (Å²) in [5.41, 5.74) is 0. The fraction of sp³-hybridized carbons (Fsp3) is 0.933. The van der Waals surface area contributed by atoms with Crippen LogP contribution in [-0.4, -0.2) is 24.2 Å². The minimum Gasteiger partial charge on any atom is -0.481 e. The van der Waals surface area contributed by atoms with E-state index in [0.29, 0.717) is 5.92 Å². The summed E-state index contributed by atoms with van der Waals surface area (Å²) in [6.07, 6.45) is 8.12. The Morgan fingerprint density at radius 1 is 1.39 bits per heavy atom. The van der Waals surface area contributed by atoms with Gasteiger partial charge >= 0.3 is 5.97 Å². The summed E-state index contributed by atoms with van der Waals surface area (Å²) >= 11 is 0. The van der Waals surface area contributed by atoms with E-state index >= 15 is 0 Å². The summed E-state index contributed by atoms with van der Waals surface area (Å²) in [7, 11) is 0. The number of carboxylic acids is 1. The Balaban J connectivity index is 2.21. The van der Waals surface area contributed by atoms with Gasteiger partial charge in [0.25, 0.3) is 0 Å². The van der Waals surface area contributed by atoms with Gasteiger partial charge in [0.1, 0.15) is 0 Å². The van der Waals surface area contributed by atoms with E-state index in [4.69, 9.17) is 5.11 Å². The Hall–Kier alpha value is -0.570. The normalized spacial score (nSPS) is 25.2. The van der Waals surface area contributed by atoms with Crippen LogP contribution >= 0.6 is 0 Å². The van der Waals surface area contributed by atoms with Gasteiger partial charge in [-0.15, -0.1) is 0 Å². The van der Waals surface area contributed by atoms with Crippen molar-refractivity contribution in [3.8, 4) is 0 Å². The molecule has 0 radical (unpaired) electrons. The predicted molar refractivity (Wildman–Crippen MR) is 74.6 cm³/mol. The molecule has 3 heteroatoms. The Labute approximate surface area is 111 Å². The maximum Gasteiger partial charge on any atom is 0.306 e. The molecular formula is C15H29NO2. The molecule has 1 aliphatic carbocycles. The van der Waals surface area contributed by atoms with Gasteiger partial charge < -0.3 is 10.4 Å². The SMILES string of the molecule is CCCCC(CC)CNCC1CCCC1C(=O)O. The van der Waals surface area contributed by atoms with Gasteiger partial charge in [-0.2, -0.15) is 0 Å². The second kappa shape index (κ2) is 8.52. The van der Waals surface area contributed by atoms with Crippen molar-refractivity contribution in [2.45, 2.75) is 58.8 Å². The van der Waals surface area contributed by atoms with Crippen LogP contribution in [0.3, 0.4) is 0 Å². The molecule has 0 bridgehead atoms. The highest BCUT2D eigenvalue weighted by atomic mass is 16.4. The number of rotatable bonds is 9. The first-order valence-electron chi connectivity index (χ1n) is 7.62. The first-order valence-corrected chi connectivity index (χ1v) is 7.62. The zero-order valence-electron chi connectivity index (χ0n) is 12.0. The van der Waals surface area contributed by atoms with Crippen molar-refractivity contribution < 1.29 is 9.90 Å². The topological polar surface area (TPSA) is 49.3 Å². The Kier molecular flexibility index (Phi) is 7.33. The second-order valence-electron chi connectivity index (χ2n) is 5.71. The Bertz CT molecular complexity index is 243. The number of carboxylic acid groups (broad SMARTS) is 1. The minimum atomic E-state index is -0.600. The lowest BCUT2D eigenvalue weighted by Crippen LogP contribution is -2.32. The molecule has 3 atom stereocenters. The van der Waals surface area contributed by atoms with Crippen molar-refractivity contribution in [3.05, 3.63) is 0 Å². The van der Waals surface area contributed by atoms with Gasteiger partial charge in [-0.3, -0.25) is 4.79 Å². The molecule has 1 rings (SSSR count). The van der Waals surface area contributed by atoms with Crippen LogP contribution in [0.4, 0.5) is 0 Å². The zero-order valence-corrected chi connectivity index (χ0v) is 12.0. The van der Waals surface area contributed by atoms with E-state index in [1.54, 1.807) is 0 Å². The molecule has 0 spiro atoms. The van der Waals surface area contributed by atoms with Crippen molar-refractivity contribution in [1.29, 1.82) is 0 Å². The standard InChI is InChI=1S/C15H29NO2/c1-3-5-7-12(4-2)10-16-11-13-8-6-9-14(13)15(17)18/h12-14,16H,3-11H2,1-2H3,(H,17,18). The van der Waals surface area contributed by atoms with Crippen LogP contribution < -0.4 is 5.32 Å². The quantitative estimate of drug-likeness (QED) is 0.664. The highest BCUT2D eigenvalue weighted by Gasteiger charge is 2.32. The van der Waals surface area contributed by atoms with E-state index in [1.807, 2.05) is 0 Å². The van der Waals surface area contributed by atoms with Gasteiger partial charge in [0.15, 0.2) is 0 Å². The lowest BCUT2D eigenvalue weighted by molar-refractivity contribution is -0.142. The lowest BCUT2D eigenvalue weighted by atomic mass is 9.95. The van der Waals surface area contributed by atoms with Crippen molar-refractivity contribution >= 4 is 5.97 Å². The molecule has 0 aliphatic heterocycles. The third-order valence-electron chi connectivity index (χ3n) is 4.36. The number of carbonyl (C=O) groups is 1. The molecule has 0 saturated heterocycles. The molecule has 106 valence electrons. The maximum absolute atomic E-state index is 11.1. The zero-order chi connectivity index (χ0) is 13.4. The third kappa shape index (κ3) is 4.97. The summed E-state index contributed by atoms with van der Waals surface area (Å²) < 4.78 is 0. The largest absolute Gasteiger partial charge is 0.481 e. The molecule has 3 nitrogen and oxygen atoms in total. The van der Waals surface area contributed by atoms with E-state index in [9.17, 15) is 4.79 Å². The molecule has 18 heavy (non-hydrogen) atoms. The number of aliphatic carboxylic acids is 1. The monoisotopic (exact) mass is 255 g/mol. The van der Waals surface area contributed by atoms with Crippen molar-refractivity contribution in [3.63, 3.8) is 0 Å². The van der Waals surface area contributed by atoms with Gasteiger partial charge in [-0.25, -0.2) is 0 Å². The molecule has 0 amide bonds. The van der Waals surface area contributed by atoms with Gasteiger partial charge in [-0.1, -0.05) is 39.5 Å². The van der Waals surface area contributed by atoms with Gasteiger partial charge in [0.2, 0.25) is 0 Å². The van der Waals surface area contributed by atoms with Crippen LogP contribution in [0.15, 0.2) is 0 Å². The number of unbranched alkanes of at least 4 members (excludes halogenated alkanes) is 1. The van der Waals surface area contributed by atoms with Gasteiger partial charge in [0.05, 0.1) is 5.92 Å². The molecular weight excluding hydrogens is 226 g/mol. The van der Waals surface area contributed by atoms with Crippen LogP contribution in [0, 0.1) is 17.8 Å². The number of hydrogen-bond donors (Lipinski definition) is 2. The highest BCUT2D eigenvalue weighted by molar-refractivity contribution is 5.70. The van der Waals surface area contributed by atoms with Gasteiger partial charge in [0, 0.05) is 0 Å².